The van der Waals surface area contributed by atoms with E-state index in [1.54, 1.807) is 7.11 Å². The molecule has 0 bridgehead atoms. The lowest BCUT2D eigenvalue weighted by Gasteiger charge is -2.13. The monoisotopic (exact) mass is 359 g/mol. The average molecular weight is 360 g/mol. The van der Waals surface area contributed by atoms with Crippen LogP contribution >= 0.6 is 11.6 Å². The van der Waals surface area contributed by atoms with Crippen molar-refractivity contribution in [1.82, 2.24) is 9.78 Å². The minimum atomic E-state index is -4.44. The smallest absolute Gasteiger partial charge is 0.378 e. The summed E-state index contributed by atoms with van der Waals surface area (Å²) in [6.45, 7) is 1.04. The molecule has 1 aromatic heterocycles. The van der Waals surface area contributed by atoms with Gasteiger partial charge in [-0.25, -0.2) is 4.68 Å². The number of aromatic nitrogens is 2. The summed E-state index contributed by atoms with van der Waals surface area (Å²) in [6.07, 6.45) is -1.67. The van der Waals surface area contributed by atoms with Crippen LogP contribution in [-0.2, 0) is 23.9 Å². The van der Waals surface area contributed by atoms with Crippen LogP contribution in [-0.4, -0.2) is 23.4 Å². The number of nitrogens with one attached hydrogen (secondary N) is 1. The second-order valence-corrected chi connectivity index (χ2v) is 6.07. The van der Waals surface area contributed by atoms with E-state index in [0.717, 1.165) is 49.2 Å². The molecule has 1 aliphatic rings. The van der Waals surface area contributed by atoms with Gasteiger partial charge in [0.15, 0.2) is 0 Å². The molecule has 0 aliphatic carbocycles. The summed E-state index contributed by atoms with van der Waals surface area (Å²) in [6, 6.07) is 3.25. The number of nitrogens with zero attached hydrogens (tertiary/aromatic N) is 2. The van der Waals surface area contributed by atoms with Gasteiger partial charge in [-0.05, 0) is 37.5 Å². The van der Waals surface area contributed by atoms with Gasteiger partial charge in [-0.1, -0.05) is 11.6 Å². The predicted molar refractivity (Wildman–Crippen MR) is 85.7 cm³/mol. The van der Waals surface area contributed by atoms with Gasteiger partial charge >= 0.3 is 6.18 Å². The molecular formula is C16H17ClF3N3O. The van der Waals surface area contributed by atoms with Crippen molar-refractivity contribution in [1.29, 1.82) is 0 Å². The number of alkyl halides is 3. The highest BCUT2D eigenvalue weighted by molar-refractivity contribution is 6.32. The molecule has 0 atom stereocenters. The molecule has 0 fully saturated rings. The number of anilines is 1. The summed E-state index contributed by atoms with van der Waals surface area (Å²) >= 11 is 6.16. The summed E-state index contributed by atoms with van der Waals surface area (Å²) in [4.78, 5) is 0. The van der Waals surface area contributed by atoms with Gasteiger partial charge in [-0.15, -0.1) is 0 Å². The Hall–Kier alpha value is -1.73. The number of halogens is 4. The number of hydrogen-bond acceptors (Lipinski definition) is 3. The highest BCUT2D eigenvalue weighted by Gasteiger charge is 2.32. The normalized spacial score (nSPS) is 14.9. The first-order chi connectivity index (χ1) is 11.4. The molecule has 0 saturated carbocycles. The van der Waals surface area contributed by atoms with Crippen LogP contribution in [0, 0.1) is 0 Å². The summed E-state index contributed by atoms with van der Waals surface area (Å²) in [5.74, 6) is 0.695. The molecule has 130 valence electrons. The van der Waals surface area contributed by atoms with Crippen molar-refractivity contribution in [3.05, 3.63) is 40.0 Å². The largest absolute Gasteiger partial charge is 0.416 e. The van der Waals surface area contributed by atoms with E-state index < -0.39 is 11.7 Å². The number of ether oxygens (including phenoxy) is 1. The molecule has 1 aliphatic heterocycles. The molecule has 1 aromatic carbocycles. The minimum Gasteiger partial charge on any atom is -0.378 e. The second-order valence-electron chi connectivity index (χ2n) is 5.67. The molecule has 24 heavy (non-hydrogen) atoms. The lowest BCUT2D eigenvalue weighted by Crippen LogP contribution is -2.10. The Labute approximate surface area is 142 Å². The Kier molecular flexibility index (Phi) is 4.73. The Bertz CT molecular complexity index is 743. The van der Waals surface area contributed by atoms with E-state index in [-0.39, 0.29) is 10.7 Å². The first-order valence-electron chi connectivity index (χ1n) is 7.62. The molecule has 0 spiro atoms. The second kappa shape index (κ2) is 6.64. The third kappa shape index (κ3) is 3.23. The van der Waals surface area contributed by atoms with Crippen molar-refractivity contribution in [3.8, 4) is 5.69 Å². The molecular weight excluding hydrogens is 343 g/mol. The topological polar surface area (TPSA) is 39.1 Å². The minimum absolute atomic E-state index is 0.208. The van der Waals surface area contributed by atoms with Crippen LogP contribution in [0.5, 0.6) is 0 Å². The van der Waals surface area contributed by atoms with Crippen LogP contribution < -0.4 is 5.32 Å². The molecule has 3 rings (SSSR count). The Morgan fingerprint density at radius 2 is 2.12 bits per heavy atom. The Morgan fingerprint density at radius 3 is 2.83 bits per heavy atom. The zero-order valence-corrected chi connectivity index (χ0v) is 13.8. The molecule has 0 unspecified atom stereocenters. The lowest BCUT2D eigenvalue weighted by atomic mass is 10.1. The maximum Gasteiger partial charge on any atom is 0.416 e. The predicted octanol–water partition coefficient (Wildman–Crippen LogP) is 4.44. The zero-order valence-electron chi connectivity index (χ0n) is 13.1. The molecule has 4 nitrogen and oxygen atoms in total. The van der Waals surface area contributed by atoms with Gasteiger partial charge in [-0.3, -0.25) is 0 Å². The van der Waals surface area contributed by atoms with Gasteiger partial charge in [-0.2, -0.15) is 18.3 Å². The first kappa shape index (κ1) is 17.1. The van der Waals surface area contributed by atoms with Crippen LogP contribution in [0.2, 0.25) is 5.02 Å². The van der Waals surface area contributed by atoms with Crippen molar-refractivity contribution in [3.63, 3.8) is 0 Å². The molecule has 0 saturated heterocycles. The van der Waals surface area contributed by atoms with E-state index in [4.69, 9.17) is 16.3 Å². The average Bonchev–Trinajstić information content (AvgIpc) is 2.71. The van der Waals surface area contributed by atoms with E-state index >= 15 is 0 Å². The van der Waals surface area contributed by atoms with Crippen molar-refractivity contribution in [2.75, 3.05) is 19.0 Å². The van der Waals surface area contributed by atoms with Crippen molar-refractivity contribution < 1.29 is 17.9 Å². The van der Waals surface area contributed by atoms with Gasteiger partial charge in [0, 0.05) is 19.2 Å². The van der Waals surface area contributed by atoms with E-state index in [0.29, 0.717) is 12.4 Å². The summed E-state index contributed by atoms with van der Waals surface area (Å²) in [7, 11) is 1.56. The fourth-order valence-corrected chi connectivity index (χ4v) is 3.05. The number of methoxy groups -OCH3 is 1. The van der Waals surface area contributed by atoms with E-state index in [9.17, 15) is 13.2 Å². The number of fused-ring (bicyclic) bond motifs is 1. The van der Waals surface area contributed by atoms with Gasteiger partial charge in [0.05, 0.1) is 28.6 Å². The molecule has 8 heteroatoms. The van der Waals surface area contributed by atoms with Crippen molar-refractivity contribution >= 4 is 17.4 Å². The molecule has 1 N–H and O–H groups in total. The Balaban J connectivity index is 2.16. The van der Waals surface area contributed by atoms with Gasteiger partial charge in [0.25, 0.3) is 0 Å². The summed E-state index contributed by atoms with van der Waals surface area (Å²) < 4.78 is 45.8. The van der Waals surface area contributed by atoms with Crippen molar-refractivity contribution in [2.24, 2.45) is 0 Å². The quantitative estimate of drug-likeness (QED) is 0.880. The van der Waals surface area contributed by atoms with Crippen LogP contribution in [0.3, 0.4) is 0 Å². The summed E-state index contributed by atoms with van der Waals surface area (Å²) in [5, 5.41) is 7.93. The highest BCUT2D eigenvalue weighted by atomic mass is 35.5. The van der Waals surface area contributed by atoms with Crippen LogP contribution in [0.4, 0.5) is 19.0 Å². The fraction of sp³-hybridized carbons (Fsp3) is 0.438. The van der Waals surface area contributed by atoms with E-state index in [1.165, 1.54) is 10.7 Å². The SMILES string of the molecule is COCc1nn(-c2cc(C(F)(F)F)ccc2Cl)c2c1CCCCN2. The standard InChI is InChI=1S/C16H17ClF3N3O/c1-24-9-13-11-4-2-3-7-21-15(11)23(22-13)14-8-10(16(18,19)20)5-6-12(14)17/h5-6,8,21H,2-4,7,9H2,1H3. The number of benzene rings is 1. The molecule has 2 aromatic rings. The van der Waals surface area contributed by atoms with E-state index in [2.05, 4.69) is 10.4 Å². The highest BCUT2D eigenvalue weighted by Crippen LogP contribution is 2.35. The van der Waals surface area contributed by atoms with Crippen LogP contribution in [0.15, 0.2) is 18.2 Å². The maximum atomic E-state index is 13.0. The maximum absolute atomic E-state index is 13.0. The molecule has 2 heterocycles. The van der Waals surface area contributed by atoms with Crippen LogP contribution in [0.1, 0.15) is 29.7 Å². The molecule has 0 amide bonds. The first-order valence-corrected chi connectivity index (χ1v) is 8.00. The van der Waals surface area contributed by atoms with Crippen molar-refractivity contribution in [2.45, 2.75) is 32.0 Å². The number of rotatable bonds is 3. The molecule has 0 radical (unpaired) electrons. The van der Waals surface area contributed by atoms with Gasteiger partial charge in [0.1, 0.15) is 5.82 Å². The third-order valence-corrected chi connectivity index (χ3v) is 4.32. The lowest BCUT2D eigenvalue weighted by molar-refractivity contribution is -0.137. The van der Waals surface area contributed by atoms with Crippen LogP contribution in [0.25, 0.3) is 5.69 Å². The zero-order chi connectivity index (χ0) is 17.3. The van der Waals surface area contributed by atoms with E-state index in [1.807, 2.05) is 0 Å². The Morgan fingerprint density at radius 1 is 1.33 bits per heavy atom. The summed E-state index contributed by atoms with van der Waals surface area (Å²) in [5.41, 5.74) is 1.14. The van der Waals surface area contributed by atoms with Gasteiger partial charge in [0.2, 0.25) is 0 Å². The van der Waals surface area contributed by atoms with Gasteiger partial charge < -0.3 is 10.1 Å². The fourth-order valence-electron chi connectivity index (χ4n) is 2.85. The number of hydrogen-bond donors (Lipinski definition) is 1. The third-order valence-electron chi connectivity index (χ3n) is 4.00.